The highest BCUT2D eigenvalue weighted by Crippen LogP contribution is 2.28. The minimum Gasteiger partial charge on any atom is -0.379 e. The molecule has 28 heavy (non-hydrogen) atoms. The standard InChI is InChI=1S/C20H23N7O/c1-14-15(2)26(8-7-25-9-11-28-12-10-25)19-17(14)20-23-18(24-27(20)13-22-19)16-3-5-21-6-4-16/h3-6,13H,7-12H2,1-2H3. The molecule has 144 valence electrons. The van der Waals surface area contributed by atoms with Crippen molar-refractivity contribution in [2.45, 2.75) is 20.4 Å². The van der Waals surface area contributed by atoms with E-state index in [1.54, 1.807) is 23.2 Å². The maximum absolute atomic E-state index is 5.45. The zero-order valence-electron chi connectivity index (χ0n) is 16.2. The number of rotatable bonds is 4. The lowest BCUT2D eigenvalue weighted by molar-refractivity contribution is 0.0364. The van der Waals surface area contributed by atoms with Gasteiger partial charge < -0.3 is 9.30 Å². The average Bonchev–Trinajstić information content (AvgIpc) is 3.28. The number of pyridine rings is 1. The van der Waals surface area contributed by atoms with Gasteiger partial charge in [-0.15, -0.1) is 5.10 Å². The Hall–Kier alpha value is -2.84. The SMILES string of the molecule is Cc1c(C)n(CCN2CCOCC2)c2ncn3nc(-c4ccncc4)nc3c12. The third-order valence-corrected chi connectivity index (χ3v) is 5.63. The first-order valence-corrected chi connectivity index (χ1v) is 9.63. The molecule has 4 aromatic rings. The molecule has 0 aromatic carbocycles. The first kappa shape index (κ1) is 17.3. The van der Waals surface area contributed by atoms with Crippen molar-refractivity contribution in [3.8, 4) is 11.4 Å². The zero-order chi connectivity index (χ0) is 19.1. The highest BCUT2D eigenvalue weighted by atomic mass is 16.5. The van der Waals surface area contributed by atoms with Gasteiger partial charge in [0.05, 0.1) is 18.6 Å². The van der Waals surface area contributed by atoms with Crippen molar-refractivity contribution >= 4 is 16.7 Å². The third-order valence-electron chi connectivity index (χ3n) is 5.63. The summed E-state index contributed by atoms with van der Waals surface area (Å²) in [7, 11) is 0. The molecule has 0 aliphatic carbocycles. The van der Waals surface area contributed by atoms with Crippen LogP contribution < -0.4 is 0 Å². The lowest BCUT2D eigenvalue weighted by Crippen LogP contribution is -2.38. The zero-order valence-corrected chi connectivity index (χ0v) is 16.2. The molecule has 8 heteroatoms. The number of ether oxygens (including phenoxy) is 1. The molecule has 0 bridgehead atoms. The average molecular weight is 377 g/mol. The monoisotopic (exact) mass is 377 g/mol. The molecule has 0 N–H and O–H groups in total. The van der Waals surface area contributed by atoms with E-state index in [4.69, 9.17) is 14.7 Å². The lowest BCUT2D eigenvalue weighted by Gasteiger charge is -2.26. The second-order valence-corrected chi connectivity index (χ2v) is 7.20. The molecular weight excluding hydrogens is 354 g/mol. The summed E-state index contributed by atoms with van der Waals surface area (Å²) >= 11 is 0. The predicted molar refractivity (Wildman–Crippen MR) is 106 cm³/mol. The molecule has 1 aliphatic rings. The van der Waals surface area contributed by atoms with Crippen LogP contribution >= 0.6 is 0 Å². The Morgan fingerprint density at radius 3 is 2.61 bits per heavy atom. The molecule has 0 unspecified atom stereocenters. The Morgan fingerprint density at radius 2 is 1.82 bits per heavy atom. The van der Waals surface area contributed by atoms with Gasteiger partial charge in [0.1, 0.15) is 12.0 Å². The van der Waals surface area contributed by atoms with Crippen LogP contribution in [0.1, 0.15) is 11.3 Å². The quantitative estimate of drug-likeness (QED) is 0.542. The Labute approximate surface area is 162 Å². The number of aromatic nitrogens is 6. The summed E-state index contributed by atoms with van der Waals surface area (Å²) in [4.78, 5) is 16.1. The molecule has 0 saturated carbocycles. The normalized spacial score (nSPS) is 15.6. The summed E-state index contributed by atoms with van der Waals surface area (Å²) in [6.07, 6.45) is 5.28. The van der Waals surface area contributed by atoms with E-state index in [-0.39, 0.29) is 0 Å². The smallest absolute Gasteiger partial charge is 0.182 e. The van der Waals surface area contributed by atoms with Gasteiger partial charge >= 0.3 is 0 Å². The van der Waals surface area contributed by atoms with Crippen molar-refractivity contribution in [3.05, 3.63) is 42.1 Å². The van der Waals surface area contributed by atoms with Gasteiger partial charge in [-0.3, -0.25) is 9.88 Å². The van der Waals surface area contributed by atoms with Gasteiger partial charge in [-0.05, 0) is 31.5 Å². The fraction of sp³-hybridized carbons (Fsp3) is 0.400. The van der Waals surface area contributed by atoms with E-state index in [0.717, 1.165) is 61.6 Å². The summed E-state index contributed by atoms with van der Waals surface area (Å²) in [5.74, 6) is 0.690. The molecule has 8 nitrogen and oxygen atoms in total. The van der Waals surface area contributed by atoms with Crippen LogP contribution in [0.5, 0.6) is 0 Å². The van der Waals surface area contributed by atoms with Crippen LogP contribution in [0.3, 0.4) is 0 Å². The van der Waals surface area contributed by atoms with Crippen molar-refractivity contribution in [1.29, 1.82) is 0 Å². The molecule has 0 atom stereocenters. The summed E-state index contributed by atoms with van der Waals surface area (Å²) < 4.78 is 9.54. The second kappa shape index (κ2) is 6.96. The number of fused-ring (bicyclic) bond motifs is 3. The largest absolute Gasteiger partial charge is 0.379 e. The highest BCUT2D eigenvalue weighted by Gasteiger charge is 2.19. The van der Waals surface area contributed by atoms with Gasteiger partial charge in [-0.25, -0.2) is 14.5 Å². The van der Waals surface area contributed by atoms with E-state index < -0.39 is 0 Å². The summed E-state index contributed by atoms with van der Waals surface area (Å²) in [6, 6.07) is 3.84. The van der Waals surface area contributed by atoms with Crippen molar-refractivity contribution in [1.82, 2.24) is 34.0 Å². The summed E-state index contributed by atoms with van der Waals surface area (Å²) in [6.45, 7) is 9.84. The van der Waals surface area contributed by atoms with Crippen LogP contribution in [0.25, 0.3) is 28.1 Å². The Balaban J connectivity index is 1.56. The van der Waals surface area contributed by atoms with Crippen LogP contribution in [0.2, 0.25) is 0 Å². The summed E-state index contributed by atoms with van der Waals surface area (Å²) in [5.41, 5.74) is 5.22. The fourth-order valence-electron chi connectivity index (χ4n) is 3.89. The van der Waals surface area contributed by atoms with Crippen LogP contribution in [0.4, 0.5) is 0 Å². The molecule has 1 aliphatic heterocycles. The first-order valence-electron chi connectivity index (χ1n) is 9.63. The number of aryl methyl sites for hydroxylation is 1. The van der Waals surface area contributed by atoms with E-state index in [0.29, 0.717) is 5.82 Å². The molecule has 1 fully saturated rings. The third kappa shape index (κ3) is 2.85. The molecule has 4 aromatic heterocycles. The number of hydrogen-bond donors (Lipinski definition) is 0. The van der Waals surface area contributed by atoms with Gasteiger partial charge in [-0.2, -0.15) is 0 Å². The van der Waals surface area contributed by atoms with Gasteiger partial charge in [0.15, 0.2) is 11.5 Å². The van der Waals surface area contributed by atoms with E-state index in [1.165, 1.54) is 11.3 Å². The first-order chi connectivity index (χ1) is 13.7. The number of nitrogens with zero attached hydrogens (tertiary/aromatic N) is 7. The van der Waals surface area contributed by atoms with E-state index in [1.807, 2.05) is 12.1 Å². The van der Waals surface area contributed by atoms with Crippen molar-refractivity contribution in [2.24, 2.45) is 0 Å². The lowest BCUT2D eigenvalue weighted by atomic mass is 10.2. The topological polar surface area (TPSA) is 73.4 Å². The van der Waals surface area contributed by atoms with Crippen molar-refractivity contribution in [3.63, 3.8) is 0 Å². The maximum Gasteiger partial charge on any atom is 0.182 e. The molecule has 0 spiro atoms. The van der Waals surface area contributed by atoms with Gasteiger partial charge in [-0.1, -0.05) is 0 Å². The Morgan fingerprint density at radius 1 is 1.04 bits per heavy atom. The maximum atomic E-state index is 5.45. The highest BCUT2D eigenvalue weighted by molar-refractivity contribution is 5.94. The molecule has 5 heterocycles. The number of morpholine rings is 1. The molecule has 0 amide bonds. The number of hydrogen-bond acceptors (Lipinski definition) is 6. The van der Waals surface area contributed by atoms with Gasteiger partial charge in [0, 0.05) is 49.8 Å². The van der Waals surface area contributed by atoms with Crippen molar-refractivity contribution < 1.29 is 4.74 Å². The van der Waals surface area contributed by atoms with Crippen LogP contribution in [0.15, 0.2) is 30.9 Å². The van der Waals surface area contributed by atoms with E-state index in [2.05, 4.69) is 33.4 Å². The van der Waals surface area contributed by atoms with Gasteiger partial charge in [0.2, 0.25) is 0 Å². The van der Waals surface area contributed by atoms with Gasteiger partial charge in [0.25, 0.3) is 0 Å². The van der Waals surface area contributed by atoms with Crippen LogP contribution in [0, 0.1) is 13.8 Å². The minimum absolute atomic E-state index is 0.690. The fourth-order valence-corrected chi connectivity index (χ4v) is 3.89. The van der Waals surface area contributed by atoms with Crippen molar-refractivity contribution in [2.75, 3.05) is 32.8 Å². The molecular formula is C20H23N7O. The van der Waals surface area contributed by atoms with Crippen LogP contribution in [-0.2, 0) is 11.3 Å². The van der Waals surface area contributed by atoms with E-state index in [9.17, 15) is 0 Å². The molecule has 5 rings (SSSR count). The molecule has 1 saturated heterocycles. The van der Waals surface area contributed by atoms with E-state index >= 15 is 0 Å². The Bertz CT molecular complexity index is 1130. The second-order valence-electron chi connectivity index (χ2n) is 7.20. The van der Waals surface area contributed by atoms with Crippen LogP contribution in [-0.4, -0.2) is 66.9 Å². The minimum atomic E-state index is 0.690. The molecule has 0 radical (unpaired) electrons. The Kier molecular flexibility index (Phi) is 4.29. The summed E-state index contributed by atoms with van der Waals surface area (Å²) in [5, 5.41) is 5.69. The predicted octanol–water partition coefficient (Wildman–Crippen LogP) is 2.09.